The third-order valence-electron chi connectivity index (χ3n) is 4.26. The second-order valence-corrected chi connectivity index (χ2v) is 6.61. The predicted molar refractivity (Wildman–Crippen MR) is 106 cm³/mol. The molecule has 1 aliphatic rings. The number of aliphatic carboxylic acids is 1. The van der Waals surface area contributed by atoms with Crippen LogP contribution in [0, 0.1) is 0 Å². The van der Waals surface area contributed by atoms with E-state index in [1.165, 1.54) is 0 Å². The summed E-state index contributed by atoms with van der Waals surface area (Å²) in [5, 5.41) is 9.75. The van der Waals surface area contributed by atoms with Crippen LogP contribution in [0.1, 0.15) is 21.5 Å². The van der Waals surface area contributed by atoms with Gasteiger partial charge in [0.15, 0.2) is 5.76 Å². The van der Waals surface area contributed by atoms with Crippen LogP contribution in [0.5, 0.6) is 0 Å². The third-order valence-corrected chi connectivity index (χ3v) is 4.60. The molecule has 3 rings (SSSR count). The summed E-state index contributed by atoms with van der Waals surface area (Å²) in [5.74, 6) is -0.743. The molecular weight excluding hydrogens is 389 g/mol. The van der Waals surface area contributed by atoms with Gasteiger partial charge in [0.25, 0.3) is 0 Å². The number of esters is 1. The molecule has 7 heteroatoms. The number of cyclic esters (lactones) is 1. The molecule has 140 valence electrons. The van der Waals surface area contributed by atoms with E-state index in [-0.39, 0.29) is 11.3 Å². The number of fused-ring (bicyclic) bond motifs is 1. The van der Waals surface area contributed by atoms with Crippen molar-refractivity contribution in [3.63, 3.8) is 0 Å². The van der Waals surface area contributed by atoms with E-state index >= 15 is 0 Å². The number of nitrogens with zero attached hydrogens (tertiary/aromatic N) is 1. The molecule has 0 spiro atoms. The number of carboxylic acids is 1. The monoisotopic (exact) mass is 405 g/mol. The van der Waals surface area contributed by atoms with Crippen molar-refractivity contribution in [2.75, 3.05) is 29.7 Å². The van der Waals surface area contributed by atoms with Gasteiger partial charge in [-0.05, 0) is 23.8 Å². The zero-order chi connectivity index (χ0) is 19.4. The van der Waals surface area contributed by atoms with Crippen LogP contribution >= 0.6 is 23.2 Å². The average molecular weight is 406 g/mol. The highest BCUT2D eigenvalue weighted by Gasteiger charge is 2.31. The Morgan fingerprint density at radius 3 is 2.11 bits per heavy atom. The number of hydrogen-bond acceptors (Lipinski definition) is 4. The Morgan fingerprint density at radius 2 is 1.56 bits per heavy atom. The first-order valence-corrected chi connectivity index (χ1v) is 9.40. The second-order valence-electron chi connectivity index (χ2n) is 5.86. The number of alkyl halides is 2. The fourth-order valence-corrected chi connectivity index (χ4v) is 3.42. The predicted octanol–water partition coefficient (Wildman–Crippen LogP) is 4.09. The molecule has 0 fully saturated rings. The summed E-state index contributed by atoms with van der Waals surface area (Å²) in [4.78, 5) is 26.0. The SMILES string of the molecule is O=C(O)/C(=C1/OC(=O)c2ccccc21)c1ccc(N(CCCl)CCCl)cc1. The summed E-state index contributed by atoms with van der Waals surface area (Å²) in [6, 6.07) is 13.7. The van der Waals surface area contributed by atoms with Gasteiger partial charge in [0.05, 0.1) is 5.56 Å². The number of halogens is 2. The quantitative estimate of drug-likeness (QED) is 0.426. The first-order chi connectivity index (χ1) is 13.1. The summed E-state index contributed by atoms with van der Waals surface area (Å²) in [5.41, 5.74) is 2.12. The molecule has 0 atom stereocenters. The molecular formula is C20H17Cl2NO4. The van der Waals surface area contributed by atoms with Gasteiger partial charge in [-0.15, -0.1) is 23.2 Å². The Kier molecular flexibility index (Phi) is 6.04. The van der Waals surface area contributed by atoms with E-state index in [4.69, 9.17) is 27.9 Å². The van der Waals surface area contributed by atoms with Crippen LogP contribution in [0.15, 0.2) is 48.5 Å². The molecule has 0 unspecified atom stereocenters. The van der Waals surface area contributed by atoms with E-state index in [9.17, 15) is 14.7 Å². The van der Waals surface area contributed by atoms with Crippen LogP contribution in [0.3, 0.4) is 0 Å². The average Bonchev–Trinajstić information content (AvgIpc) is 2.99. The lowest BCUT2D eigenvalue weighted by Gasteiger charge is -2.23. The molecule has 2 aromatic carbocycles. The van der Waals surface area contributed by atoms with Gasteiger partial charge >= 0.3 is 11.9 Å². The first-order valence-electron chi connectivity index (χ1n) is 8.33. The van der Waals surface area contributed by atoms with Gasteiger partial charge in [0, 0.05) is 36.1 Å². The van der Waals surface area contributed by atoms with E-state index in [1.807, 2.05) is 4.90 Å². The summed E-state index contributed by atoms with van der Waals surface area (Å²) in [6.07, 6.45) is 0. The molecule has 1 N–H and O–H groups in total. The topological polar surface area (TPSA) is 66.8 Å². The molecule has 2 aromatic rings. The zero-order valence-corrected chi connectivity index (χ0v) is 15.8. The lowest BCUT2D eigenvalue weighted by atomic mass is 9.99. The smallest absolute Gasteiger partial charge is 0.344 e. The van der Waals surface area contributed by atoms with Gasteiger partial charge in [-0.25, -0.2) is 9.59 Å². The largest absolute Gasteiger partial charge is 0.478 e. The summed E-state index contributed by atoms with van der Waals surface area (Å²) < 4.78 is 5.28. The number of rotatable bonds is 7. The number of benzene rings is 2. The second kappa shape index (κ2) is 8.46. The number of carboxylic acid groups (broad SMARTS) is 1. The van der Waals surface area contributed by atoms with Crippen molar-refractivity contribution in [2.45, 2.75) is 0 Å². The number of carbonyl (C=O) groups is 2. The van der Waals surface area contributed by atoms with Crippen LogP contribution in [-0.2, 0) is 9.53 Å². The molecule has 0 amide bonds. The number of anilines is 1. The first kappa shape index (κ1) is 19.3. The van der Waals surface area contributed by atoms with Crippen LogP contribution in [0.4, 0.5) is 5.69 Å². The van der Waals surface area contributed by atoms with E-state index < -0.39 is 11.9 Å². The Bertz CT molecular complexity index is 887. The molecule has 0 aromatic heterocycles. The van der Waals surface area contributed by atoms with Gasteiger partial charge in [-0.3, -0.25) is 0 Å². The van der Waals surface area contributed by atoms with Crippen molar-refractivity contribution in [1.29, 1.82) is 0 Å². The maximum Gasteiger partial charge on any atom is 0.344 e. The Labute approximate surface area is 166 Å². The van der Waals surface area contributed by atoms with E-state index in [2.05, 4.69) is 0 Å². The minimum Gasteiger partial charge on any atom is -0.478 e. The molecule has 1 heterocycles. The molecule has 0 saturated carbocycles. The van der Waals surface area contributed by atoms with Crippen LogP contribution in [0.25, 0.3) is 11.3 Å². The minimum atomic E-state index is -1.17. The van der Waals surface area contributed by atoms with Gasteiger partial charge in [0.2, 0.25) is 0 Å². The van der Waals surface area contributed by atoms with Crippen LogP contribution < -0.4 is 4.90 Å². The van der Waals surface area contributed by atoms with Gasteiger partial charge in [-0.1, -0.05) is 30.3 Å². The fourth-order valence-electron chi connectivity index (χ4n) is 3.01. The van der Waals surface area contributed by atoms with E-state index in [0.717, 1.165) is 5.69 Å². The molecule has 27 heavy (non-hydrogen) atoms. The van der Waals surface area contributed by atoms with E-state index in [1.54, 1.807) is 48.5 Å². The van der Waals surface area contributed by atoms with Crippen molar-refractivity contribution in [1.82, 2.24) is 0 Å². The van der Waals surface area contributed by atoms with Gasteiger partial charge < -0.3 is 14.7 Å². The molecule has 5 nitrogen and oxygen atoms in total. The highest BCUT2D eigenvalue weighted by Crippen LogP contribution is 2.36. The summed E-state index contributed by atoms with van der Waals surface area (Å²) >= 11 is 11.7. The van der Waals surface area contributed by atoms with E-state index in [0.29, 0.717) is 41.5 Å². The highest BCUT2D eigenvalue weighted by atomic mass is 35.5. The normalized spacial score (nSPS) is 14.5. The zero-order valence-electron chi connectivity index (χ0n) is 14.3. The fraction of sp³-hybridized carbons (Fsp3) is 0.200. The highest BCUT2D eigenvalue weighted by molar-refractivity contribution is 6.25. The standard InChI is InChI=1S/C20H17Cl2NO4/c21-9-11-23(12-10-22)14-7-5-13(6-8-14)17(19(24)25)18-15-3-1-2-4-16(15)20(26)27-18/h1-8H,9-12H2,(H,24,25)/b18-17+. The van der Waals surface area contributed by atoms with Crippen molar-refractivity contribution >= 4 is 52.2 Å². The molecule has 0 aliphatic carbocycles. The number of carbonyl (C=O) groups excluding carboxylic acids is 1. The van der Waals surface area contributed by atoms with Crippen LogP contribution in [-0.4, -0.2) is 41.9 Å². The molecule has 0 saturated heterocycles. The van der Waals surface area contributed by atoms with Crippen molar-refractivity contribution in [2.24, 2.45) is 0 Å². The Balaban J connectivity index is 2.03. The van der Waals surface area contributed by atoms with Gasteiger partial charge in [0.1, 0.15) is 5.57 Å². The lowest BCUT2D eigenvalue weighted by molar-refractivity contribution is -0.130. The van der Waals surface area contributed by atoms with Gasteiger partial charge in [-0.2, -0.15) is 0 Å². The molecule has 1 aliphatic heterocycles. The Hall–Kier alpha value is -2.50. The number of hydrogen-bond donors (Lipinski definition) is 1. The Morgan fingerprint density at radius 1 is 0.963 bits per heavy atom. The lowest BCUT2D eigenvalue weighted by Crippen LogP contribution is -2.27. The van der Waals surface area contributed by atoms with Crippen LogP contribution in [0.2, 0.25) is 0 Å². The summed E-state index contributed by atoms with van der Waals surface area (Å²) in [6.45, 7) is 1.26. The van der Waals surface area contributed by atoms with Crippen molar-refractivity contribution < 1.29 is 19.4 Å². The molecule has 0 radical (unpaired) electrons. The van der Waals surface area contributed by atoms with Crippen molar-refractivity contribution in [3.8, 4) is 0 Å². The third kappa shape index (κ3) is 3.94. The summed E-state index contributed by atoms with van der Waals surface area (Å²) in [7, 11) is 0. The minimum absolute atomic E-state index is 0.0545. The maximum atomic E-state index is 12.0. The number of ether oxygens (including phenoxy) is 1. The maximum absolute atomic E-state index is 12.0. The van der Waals surface area contributed by atoms with Crippen molar-refractivity contribution in [3.05, 3.63) is 65.2 Å². The molecule has 0 bridgehead atoms.